The highest BCUT2D eigenvalue weighted by Gasteiger charge is 2.12. The van der Waals surface area contributed by atoms with Gasteiger partial charge < -0.3 is 15.2 Å². The lowest BCUT2D eigenvalue weighted by Gasteiger charge is -2.16. The van der Waals surface area contributed by atoms with E-state index in [0.29, 0.717) is 6.42 Å². The molecule has 0 aliphatic rings. The lowest BCUT2D eigenvalue weighted by molar-refractivity contribution is 0.397. The van der Waals surface area contributed by atoms with Gasteiger partial charge in [-0.3, -0.25) is 0 Å². The largest absolute Gasteiger partial charge is 0.497 e. The number of hydrogen-bond donors (Lipinski definition) is 1. The molecule has 2 rings (SSSR count). The van der Waals surface area contributed by atoms with Gasteiger partial charge in [0.05, 0.1) is 14.2 Å². The molecule has 0 aromatic heterocycles. The summed E-state index contributed by atoms with van der Waals surface area (Å²) >= 11 is 0. The summed E-state index contributed by atoms with van der Waals surface area (Å²) in [5, 5.41) is 0. The molecule has 0 saturated carbocycles. The molecular weight excluding hydrogens is 250 g/mol. The van der Waals surface area contributed by atoms with E-state index in [4.69, 9.17) is 15.2 Å². The fourth-order valence-corrected chi connectivity index (χ4v) is 2.30. The quantitative estimate of drug-likeness (QED) is 0.908. The minimum absolute atomic E-state index is 0.0593. The van der Waals surface area contributed by atoms with E-state index in [9.17, 15) is 0 Å². The third-order valence-corrected chi connectivity index (χ3v) is 3.40. The highest BCUT2D eigenvalue weighted by atomic mass is 16.5. The lowest BCUT2D eigenvalue weighted by Crippen LogP contribution is -2.14. The number of benzene rings is 2. The van der Waals surface area contributed by atoms with Gasteiger partial charge in [-0.1, -0.05) is 29.8 Å². The van der Waals surface area contributed by atoms with Gasteiger partial charge >= 0.3 is 0 Å². The van der Waals surface area contributed by atoms with Gasteiger partial charge in [-0.25, -0.2) is 0 Å². The molecule has 0 fully saturated rings. The van der Waals surface area contributed by atoms with Crippen LogP contribution >= 0.6 is 0 Å². The lowest BCUT2D eigenvalue weighted by atomic mass is 9.97. The third kappa shape index (κ3) is 3.31. The first-order chi connectivity index (χ1) is 9.63. The number of aryl methyl sites for hydroxylation is 1. The summed E-state index contributed by atoms with van der Waals surface area (Å²) in [7, 11) is 3.33. The first-order valence-electron chi connectivity index (χ1n) is 6.67. The summed E-state index contributed by atoms with van der Waals surface area (Å²) in [6.45, 7) is 2.07. The Labute approximate surface area is 120 Å². The number of hydrogen-bond acceptors (Lipinski definition) is 3. The summed E-state index contributed by atoms with van der Waals surface area (Å²) in [4.78, 5) is 0. The Bertz CT molecular complexity index is 581. The van der Waals surface area contributed by atoms with E-state index in [0.717, 1.165) is 22.6 Å². The van der Waals surface area contributed by atoms with Gasteiger partial charge in [-0.15, -0.1) is 0 Å². The fraction of sp³-hybridized carbons (Fsp3) is 0.294. The molecule has 2 aromatic rings. The first-order valence-corrected chi connectivity index (χ1v) is 6.67. The minimum Gasteiger partial charge on any atom is -0.497 e. The Morgan fingerprint density at radius 1 is 1.05 bits per heavy atom. The van der Waals surface area contributed by atoms with Gasteiger partial charge in [0.1, 0.15) is 11.5 Å². The summed E-state index contributed by atoms with van der Waals surface area (Å²) in [6.07, 6.45) is 0.712. The van der Waals surface area contributed by atoms with E-state index in [1.54, 1.807) is 14.2 Å². The second kappa shape index (κ2) is 6.44. The number of ether oxygens (including phenoxy) is 2. The highest BCUT2D eigenvalue weighted by molar-refractivity contribution is 5.41. The van der Waals surface area contributed by atoms with E-state index < -0.39 is 0 Å². The van der Waals surface area contributed by atoms with E-state index in [1.165, 1.54) is 5.56 Å². The van der Waals surface area contributed by atoms with Gasteiger partial charge in [0.15, 0.2) is 0 Å². The van der Waals surface area contributed by atoms with E-state index >= 15 is 0 Å². The van der Waals surface area contributed by atoms with Crippen LogP contribution in [0.2, 0.25) is 0 Å². The Morgan fingerprint density at radius 3 is 2.50 bits per heavy atom. The van der Waals surface area contributed by atoms with Crippen LogP contribution in [0.15, 0.2) is 42.5 Å². The maximum Gasteiger partial charge on any atom is 0.122 e. The molecule has 0 aliphatic carbocycles. The molecule has 20 heavy (non-hydrogen) atoms. The van der Waals surface area contributed by atoms with Crippen molar-refractivity contribution in [2.24, 2.45) is 5.73 Å². The molecular formula is C17H21NO2. The molecule has 0 saturated heterocycles. The van der Waals surface area contributed by atoms with Crippen LogP contribution in [0.3, 0.4) is 0 Å². The molecule has 3 nitrogen and oxygen atoms in total. The molecule has 1 atom stereocenters. The monoisotopic (exact) mass is 271 g/mol. The molecule has 0 amide bonds. The summed E-state index contributed by atoms with van der Waals surface area (Å²) in [5.41, 5.74) is 9.72. The Balaban J connectivity index is 2.24. The van der Waals surface area contributed by atoms with Crippen LogP contribution in [0.4, 0.5) is 0 Å². The van der Waals surface area contributed by atoms with Crippen LogP contribution in [0.25, 0.3) is 0 Å². The van der Waals surface area contributed by atoms with Crippen LogP contribution in [0.5, 0.6) is 11.5 Å². The molecule has 0 bridgehead atoms. The average molecular weight is 271 g/mol. The second-order valence-corrected chi connectivity index (χ2v) is 4.90. The van der Waals surface area contributed by atoms with E-state index in [1.807, 2.05) is 24.3 Å². The van der Waals surface area contributed by atoms with Crippen molar-refractivity contribution in [2.45, 2.75) is 19.4 Å². The maximum atomic E-state index is 6.31. The SMILES string of the molecule is COc1ccc(OC)c(CC(N)c2cccc(C)c2)c1. The Morgan fingerprint density at radius 2 is 1.85 bits per heavy atom. The fourth-order valence-electron chi connectivity index (χ4n) is 2.30. The number of nitrogens with two attached hydrogens (primary N) is 1. The van der Waals surface area contributed by atoms with Crippen LogP contribution in [0.1, 0.15) is 22.7 Å². The van der Waals surface area contributed by atoms with Gasteiger partial charge in [-0.05, 0) is 42.7 Å². The van der Waals surface area contributed by atoms with Gasteiger partial charge in [0.25, 0.3) is 0 Å². The number of rotatable bonds is 5. The second-order valence-electron chi connectivity index (χ2n) is 4.90. The molecule has 1 unspecified atom stereocenters. The topological polar surface area (TPSA) is 44.5 Å². The van der Waals surface area contributed by atoms with Crippen LogP contribution in [-0.2, 0) is 6.42 Å². The highest BCUT2D eigenvalue weighted by Crippen LogP contribution is 2.28. The smallest absolute Gasteiger partial charge is 0.122 e. The van der Waals surface area contributed by atoms with Crippen molar-refractivity contribution < 1.29 is 9.47 Å². The minimum atomic E-state index is -0.0593. The molecule has 2 aromatic carbocycles. The molecule has 2 N–H and O–H groups in total. The molecule has 0 aliphatic heterocycles. The van der Waals surface area contributed by atoms with E-state index in [-0.39, 0.29) is 6.04 Å². The van der Waals surface area contributed by atoms with Crippen LogP contribution in [0, 0.1) is 6.92 Å². The Hall–Kier alpha value is -2.00. The van der Waals surface area contributed by atoms with Crippen molar-refractivity contribution in [3.8, 4) is 11.5 Å². The molecule has 0 spiro atoms. The standard InChI is InChI=1S/C17H21NO2/c1-12-5-4-6-13(9-12)16(18)11-14-10-15(19-2)7-8-17(14)20-3/h4-10,16H,11,18H2,1-3H3. The number of methoxy groups -OCH3 is 2. The summed E-state index contributed by atoms with van der Waals surface area (Å²) in [6, 6.07) is 14.0. The van der Waals surface area contributed by atoms with Crippen LogP contribution in [-0.4, -0.2) is 14.2 Å². The zero-order chi connectivity index (χ0) is 14.5. The predicted molar refractivity (Wildman–Crippen MR) is 81.4 cm³/mol. The predicted octanol–water partition coefficient (Wildman–Crippen LogP) is 3.25. The third-order valence-electron chi connectivity index (χ3n) is 3.40. The van der Waals surface area contributed by atoms with Gasteiger partial charge in [-0.2, -0.15) is 0 Å². The zero-order valence-electron chi connectivity index (χ0n) is 12.2. The molecule has 0 heterocycles. The van der Waals surface area contributed by atoms with Crippen molar-refractivity contribution >= 4 is 0 Å². The zero-order valence-corrected chi connectivity index (χ0v) is 12.2. The van der Waals surface area contributed by atoms with Crippen molar-refractivity contribution in [1.29, 1.82) is 0 Å². The first kappa shape index (κ1) is 14.4. The van der Waals surface area contributed by atoms with Gasteiger partial charge in [0, 0.05) is 6.04 Å². The molecule has 106 valence electrons. The summed E-state index contributed by atoms with van der Waals surface area (Å²) < 4.78 is 10.7. The van der Waals surface area contributed by atoms with Crippen molar-refractivity contribution in [1.82, 2.24) is 0 Å². The van der Waals surface area contributed by atoms with Gasteiger partial charge in [0.2, 0.25) is 0 Å². The maximum absolute atomic E-state index is 6.31. The molecule has 0 radical (unpaired) electrons. The van der Waals surface area contributed by atoms with Crippen molar-refractivity contribution in [3.63, 3.8) is 0 Å². The van der Waals surface area contributed by atoms with Crippen molar-refractivity contribution in [2.75, 3.05) is 14.2 Å². The van der Waals surface area contributed by atoms with Crippen molar-refractivity contribution in [3.05, 3.63) is 59.2 Å². The Kier molecular flexibility index (Phi) is 4.64. The average Bonchev–Trinajstić information content (AvgIpc) is 2.47. The van der Waals surface area contributed by atoms with E-state index in [2.05, 4.69) is 25.1 Å². The normalized spacial score (nSPS) is 12.0. The summed E-state index contributed by atoms with van der Waals surface area (Å²) in [5.74, 6) is 1.66. The van der Waals surface area contributed by atoms with Crippen LogP contribution < -0.4 is 15.2 Å². The molecule has 3 heteroatoms.